The quantitative estimate of drug-likeness (QED) is 0.123. The Bertz CT molecular complexity index is 3070. The molecule has 0 N–H and O–H groups in total. The summed E-state index contributed by atoms with van der Waals surface area (Å²) in [6, 6.07) is 43.5. The van der Waals surface area contributed by atoms with Crippen molar-refractivity contribution in [1.82, 2.24) is 24.5 Å². The monoisotopic (exact) mass is 1040 g/mol. The molecule has 0 aliphatic heterocycles. The molecule has 0 unspecified atom stereocenters. The van der Waals surface area contributed by atoms with Gasteiger partial charge in [-0.25, -0.2) is 4.98 Å². The summed E-state index contributed by atoms with van der Waals surface area (Å²) in [6.45, 7) is 14.6. The molecule has 9 rings (SSSR count). The third-order valence-electron chi connectivity index (χ3n) is 10.5. The average Bonchev–Trinajstić information content (AvgIpc) is 3.81. The predicted molar refractivity (Wildman–Crippen MR) is 252 cm³/mol. The van der Waals surface area contributed by atoms with Gasteiger partial charge in [-0.05, 0) is 59.4 Å². The number of furan rings is 1. The van der Waals surface area contributed by atoms with Crippen molar-refractivity contribution in [2.75, 3.05) is 0 Å². The minimum atomic E-state index is -2.24. The predicted octanol–water partition coefficient (Wildman–Crippen LogP) is 13.1. The van der Waals surface area contributed by atoms with E-state index in [-0.39, 0.29) is 25.5 Å². The normalized spacial score (nSPS) is 12.8. The van der Waals surface area contributed by atoms with Crippen LogP contribution in [0.5, 0.6) is 0 Å². The number of aryl methyl sites for hydroxylation is 1. The van der Waals surface area contributed by atoms with E-state index in [0.717, 1.165) is 71.4 Å². The van der Waals surface area contributed by atoms with Crippen LogP contribution in [0.25, 0.3) is 72.6 Å². The Morgan fingerprint density at radius 1 is 0.770 bits per heavy atom. The molecule has 9 aromatic rings. The van der Waals surface area contributed by atoms with Gasteiger partial charge >= 0.3 is 135 Å². The van der Waals surface area contributed by atoms with Crippen molar-refractivity contribution >= 4 is 50.8 Å². The molecule has 6 nitrogen and oxygen atoms in total. The Morgan fingerprint density at radius 2 is 1.54 bits per heavy atom. The molecule has 61 heavy (non-hydrogen) atoms. The van der Waals surface area contributed by atoms with Crippen molar-refractivity contribution in [3.8, 4) is 39.5 Å². The maximum atomic E-state index is 8.76. The second kappa shape index (κ2) is 17.3. The molecule has 1 radical (unpaired) electrons. The van der Waals surface area contributed by atoms with E-state index in [2.05, 4.69) is 118 Å². The van der Waals surface area contributed by atoms with Crippen LogP contribution in [-0.4, -0.2) is 37.8 Å². The molecular weight excluding hydrogens is 987 g/mol. The molecule has 0 bridgehead atoms. The van der Waals surface area contributed by atoms with Gasteiger partial charge in [0.15, 0.2) is 0 Å². The fourth-order valence-electron chi connectivity index (χ4n) is 7.62. The summed E-state index contributed by atoms with van der Waals surface area (Å²) in [7, 11) is 0. The topological polar surface area (TPSA) is 69.6 Å². The van der Waals surface area contributed by atoms with Crippen LogP contribution < -0.4 is 4.40 Å². The molecule has 0 aliphatic rings. The minimum Gasteiger partial charge on any atom is 0 e. The largest absolute Gasteiger partial charge is 0 e. The van der Waals surface area contributed by atoms with Crippen LogP contribution in [0.15, 0.2) is 132 Å². The minimum absolute atomic E-state index is 0. The van der Waals surface area contributed by atoms with E-state index >= 15 is 0 Å². The molecule has 8 heteroatoms. The maximum Gasteiger partial charge on any atom is 0 e. The van der Waals surface area contributed by atoms with Gasteiger partial charge in [0.05, 0.1) is 28.6 Å². The SMILES string of the molecule is Cc1ccc2c(n1)oc1c(-c3nc4ccncc4n3-c3ccc(-c4ccccc4)cc3C(C)(C)C)[c-]ccc12.[2H]C([2H])(c1cc(-c2[c-]cccc2)nc[c]1[Ge]([CH3])([CH3])[CH3])C(C)(C)C.[Ir]. The Hall–Kier alpha value is -5.21. The van der Waals surface area contributed by atoms with Gasteiger partial charge in [-0.2, -0.15) is 0 Å². The van der Waals surface area contributed by atoms with Gasteiger partial charge in [-0.15, -0.1) is 18.2 Å². The molecule has 0 amide bonds. The van der Waals surface area contributed by atoms with Crippen molar-refractivity contribution in [2.24, 2.45) is 5.41 Å². The molecule has 0 atom stereocenters. The van der Waals surface area contributed by atoms with E-state index in [1.165, 1.54) is 16.7 Å². The number of benzene rings is 4. The molecule has 5 heterocycles. The molecule has 0 saturated carbocycles. The summed E-state index contributed by atoms with van der Waals surface area (Å²) in [5, 5.41) is 1.98. The van der Waals surface area contributed by atoms with E-state index in [1.807, 2.05) is 101 Å². The second-order valence-electron chi connectivity index (χ2n) is 18.5. The Morgan fingerprint density at radius 3 is 2.25 bits per heavy atom. The number of pyridine rings is 3. The Kier molecular flexibility index (Phi) is 11.7. The molecule has 0 fully saturated rings. The van der Waals surface area contributed by atoms with E-state index in [0.29, 0.717) is 5.71 Å². The van der Waals surface area contributed by atoms with Crippen molar-refractivity contribution in [3.63, 3.8) is 0 Å². The standard InChI is InChI=1S/C34H27N4O.C19H26GeN.Ir/c1-21-13-15-25-24-11-8-12-26(31(24)39-33(25)36-21)32-37-28-17-18-35-20-30(28)38(32)29-16-14-23(19-27(29)34(2,3)4)22-9-6-5-7-10-22;1-19(2,3)13-16-12-18(15-10-8-7-9-11-15)21-14-17(16)20(4,5)6;/h5-11,13-20H,1-4H3;7-10,12,14H,13H2,1-6H3;/q2*-1;/i;13D2;. The van der Waals surface area contributed by atoms with Gasteiger partial charge < -0.3 is 8.98 Å². The first kappa shape index (κ1) is 41.2. The molecule has 5 aromatic heterocycles. The number of fused-ring (bicyclic) bond motifs is 4. The van der Waals surface area contributed by atoms with Crippen LogP contribution in [0.1, 0.15) is 61.1 Å². The van der Waals surface area contributed by atoms with Gasteiger partial charge in [0.2, 0.25) is 5.71 Å². The van der Waals surface area contributed by atoms with Gasteiger partial charge in [0.1, 0.15) is 0 Å². The van der Waals surface area contributed by atoms with Crippen LogP contribution in [0.2, 0.25) is 17.3 Å². The van der Waals surface area contributed by atoms with Gasteiger partial charge in [0.25, 0.3) is 0 Å². The van der Waals surface area contributed by atoms with Crippen LogP contribution in [0.4, 0.5) is 0 Å². The first-order chi connectivity index (χ1) is 29.3. The van der Waals surface area contributed by atoms with E-state index in [4.69, 9.17) is 12.1 Å². The Labute approximate surface area is 379 Å². The van der Waals surface area contributed by atoms with Crippen LogP contribution in [0, 0.1) is 24.5 Å². The Balaban J connectivity index is 0.000000213. The van der Waals surface area contributed by atoms with Gasteiger partial charge in [-0.3, -0.25) is 9.97 Å². The summed E-state index contributed by atoms with van der Waals surface area (Å²) >= 11 is -2.24. The second-order valence-corrected chi connectivity index (χ2v) is 29.1. The number of rotatable bonds is 6. The number of aromatic nitrogens is 5. The summed E-state index contributed by atoms with van der Waals surface area (Å²) in [6.07, 6.45) is 4.17. The van der Waals surface area contributed by atoms with E-state index in [1.54, 1.807) is 6.20 Å². The van der Waals surface area contributed by atoms with Crippen LogP contribution in [0.3, 0.4) is 0 Å². The van der Waals surface area contributed by atoms with E-state index in [9.17, 15) is 0 Å². The molecule has 311 valence electrons. The summed E-state index contributed by atoms with van der Waals surface area (Å²) in [5.74, 6) is 7.62. The molecule has 0 saturated heterocycles. The van der Waals surface area contributed by atoms with Crippen molar-refractivity contribution < 1.29 is 27.3 Å². The first-order valence-corrected chi connectivity index (χ1v) is 27.9. The average molecular weight is 1040 g/mol. The van der Waals surface area contributed by atoms with Crippen molar-refractivity contribution in [1.29, 1.82) is 0 Å². The zero-order valence-corrected chi connectivity index (χ0v) is 41.1. The molecule has 0 aliphatic carbocycles. The number of nitrogens with zero attached hydrogens (tertiary/aromatic N) is 5. The first-order valence-electron chi connectivity index (χ1n) is 21.5. The maximum absolute atomic E-state index is 8.76. The van der Waals surface area contributed by atoms with Crippen molar-refractivity contribution in [2.45, 2.75) is 77.5 Å². The van der Waals surface area contributed by atoms with Crippen LogP contribution >= 0.6 is 0 Å². The number of hydrogen-bond acceptors (Lipinski definition) is 5. The summed E-state index contributed by atoms with van der Waals surface area (Å²) in [4.78, 5) is 18.8. The fourth-order valence-corrected chi connectivity index (χ4v) is 10.5. The van der Waals surface area contributed by atoms with Gasteiger partial charge in [-0.1, -0.05) is 68.1 Å². The van der Waals surface area contributed by atoms with Crippen LogP contribution in [-0.2, 0) is 31.9 Å². The summed E-state index contributed by atoms with van der Waals surface area (Å²) in [5.41, 5.74) is 11.4. The zero-order chi connectivity index (χ0) is 44.2. The smallest absolute Gasteiger partial charge is 0 e. The third-order valence-corrected chi connectivity index (χ3v) is 14.7. The van der Waals surface area contributed by atoms with Crippen molar-refractivity contribution in [3.05, 3.63) is 157 Å². The van der Waals surface area contributed by atoms with Gasteiger partial charge in [0, 0.05) is 43.1 Å². The fraction of sp³-hybridized carbons (Fsp3) is 0.245. The number of hydrogen-bond donors (Lipinski definition) is 0. The van der Waals surface area contributed by atoms with E-state index < -0.39 is 25.1 Å². The summed E-state index contributed by atoms with van der Waals surface area (Å²) < 4.78 is 27.2. The molecule has 0 spiro atoms. The molecular formula is C53H53GeIrN5O-2. The third kappa shape index (κ3) is 9.35. The number of imidazole rings is 1. The molecule has 4 aromatic carbocycles. The zero-order valence-electron chi connectivity index (χ0n) is 38.6.